The van der Waals surface area contributed by atoms with Crippen molar-refractivity contribution in [2.45, 2.75) is 22.7 Å². The summed E-state index contributed by atoms with van der Waals surface area (Å²) in [6.07, 6.45) is 1.19. The zero-order valence-electron chi connectivity index (χ0n) is 7.21. The van der Waals surface area contributed by atoms with E-state index in [9.17, 15) is 10.0 Å². The second kappa shape index (κ2) is 4.86. The van der Waals surface area contributed by atoms with Crippen molar-refractivity contribution in [2.24, 2.45) is 0 Å². The number of esters is 1. The average Bonchev–Trinajstić information content (AvgIpc) is 2.46. The van der Waals surface area contributed by atoms with E-state index in [1.54, 1.807) is 0 Å². The highest BCUT2D eigenvalue weighted by molar-refractivity contribution is 6.67. The van der Waals surface area contributed by atoms with Crippen molar-refractivity contribution in [3.8, 4) is 0 Å². The zero-order chi connectivity index (χ0) is 10.8. The third-order valence-electron chi connectivity index (χ3n) is 1.85. The van der Waals surface area contributed by atoms with Crippen LogP contribution in [0.4, 0.5) is 0 Å². The van der Waals surface area contributed by atoms with Crippen LogP contribution in [0.25, 0.3) is 0 Å². The fourth-order valence-electron chi connectivity index (χ4n) is 1.22. The molecule has 1 aliphatic heterocycles. The van der Waals surface area contributed by atoms with Gasteiger partial charge in [0.05, 0.1) is 6.04 Å². The van der Waals surface area contributed by atoms with Crippen molar-refractivity contribution < 1.29 is 9.53 Å². The molecule has 1 heterocycles. The molecule has 0 saturated carbocycles. The van der Waals surface area contributed by atoms with Crippen molar-refractivity contribution >= 4 is 40.8 Å². The van der Waals surface area contributed by atoms with Crippen LogP contribution in [0.1, 0.15) is 12.8 Å². The van der Waals surface area contributed by atoms with Crippen molar-refractivity contribution in [2.75, 3.05) is 13.2 Å². The molecule has 0 N–H and O–H groups in total. The molecule has 0 amide bonds. The van der Waals surface area contributed by atoms with Crippen LogP contribution in [0.2, 0.25) is 0 Å². The summed E-state index contributed by atoms with van der Waals surface area (Å²) >= 11 is 16.1. The summed E-state index contributed by atoms with van der Waals surface area (Å²) in [5.41, 5.74) is 0. The molecule has 0 radical (unpaired) electrons. The molecule has 82 valence electrons. The van der Waals surface area contributed by atoms with E-state index in [1.807, 2.05) is 0 Å². The van der Waals surface area contributed by atoms with Crippen molar-refractivity contribution in [1.82, 2.24) is 5.06 Å². The minimum Gasteiger partial charge on any atom is -0.785 e. The van der Waals surface area contributed by atoms with Crippen LogP contribution in [-0.4, -0.2) is 34.0 Å². The van der Waals surface area contributed by atoms with E-state index in [4.69, 9.17) is 34.8 Å². The summed E-state index contributed by atoms with van der Waals surface area (Å²) in [6, 6.07) is -0.734. The Hall–Kier alpha value is 0.260. The smallest absolute Gasteiger partial charge is 0.322 e. The Morgan fingerprint density at radius 2 is 2.21 bits per heavy atom. The summed E-state index contributed by atoms with van der Waals surface area (Å²) in [5, 5.41) is 11.8. The Morgan fingerprint density at radius 3 is 2.64 bits per heavy atom. The van der Waals surface area contributed by atoms with E-state index in [0.29, 0.717) is 24.4 Å². The van der Waals surface area contributed by atoms with E-state index in [2.05, 4.69) is 4.74 Å². The van der Waals surface area contributed by atoms with Crippen LogP contribution >= 0.6 is 34.8 Å². The lowest BCUT2D eigenvalue weighted by Crippen LogP contribution is -2.34. The zero-order valence-corrected chi connectivity index (χ0v) is 9.48. The topological polar surface area (TPSA) is 52.6 Å². The number of alkyl halides is 3. The maximum atomic E-state index is 11.3. The van der Waals surface area contributed by atoms with Crippen LogP contribution < -0.4 is 0 Å². The summed E-state index contributed by atoms with van der Waals surface area (Å²) in [5.74, 6) is -0.621. The Kier molecular flexibility index (Phi) is 4.28. The van der Waals surface area contributed by atoms with Gasteiger partial charge in [0.2, 0.25) is 3.79 Å². The predicted molar refractivity (Wildman–Crippen MR) is 54.3 cm³/mol. The first-order valence-corrected chi connectivity index (χ1v) is 5.21. The highest BCUT2D eigenvalue weighted by Crippen LogP contribution is 2.26. The SMILES string of the molecule is O=C(OCC(Cl)(Cl)Cl)C1CCCN1[O-]. The first-order chi connectivity index (χ1) is 6.40. The number of ether oxygens (including phenoxy) is 1. The van der Waals surface area contributed by atoms with Crippen LogP contribution in [0.15, 0.2) is 0 Å². The molecule has 0 spiro atoms. The second-order valence-corrected chi connectivity index (χ2v) is 5.54. The van der Waals surface area contributed by atoms with Gasteiger partial charge < -0.3 is 15.0 Å². The van der Waals surface area contributed by atoms with E-state index < -0.39 is 15.8 Å². The van der Waals surface area contributed by atoms with Gasteiger partial charge in [-0.3, -0.25) is 4.79 Å². The number of halogens is 3. The summed E-state index contributed by atoms with van der Waals surface area (Å²) in [7, 11) is 0. The molecular formula is C7H9Cl3NO3-. The molecular weight excluding hydrogens is 252 g/mol. The van der Waals surface area contributed by atoms with E-state index in [-0.39, 0.29) is 6.61 Å². The number of hydroxylamine groups is 2. The van der Waals surface area contributed by atoms with Crippen LogP contribution in [0.5, 0.6) is 0 Å². The summed E-state index contributed by atoms with van der Waals surface area (Å²) in [6.45, 7) is 0.0222. The van der Waals surface area contributed by atoms with Crippen LogP contribution in [-0.2, 0) is 9.53 Å². The van der Waals surface area contributed by atoms with Gasteiger partial charge in [0, 0.05) is 0 Å². The number of hydrogen-bond acceptors (Lipinski definition) is 4. The molecule has 1 fully saturated rings. The molecule has 1 aliphatic rings. The molecule has 0 aromatic carbocycles. The van der Waals surface area contributed by atoms with Crippen molar-refractivity contribution in [3.05, 3.63) is 5.21 Å². The van der Waals surface area contributed by atoms with Gasteiger partial charge in [-0.1, -0.05) is 34.8 Å². The first-order valence-electron chi connectivity index (χ1n) is 4.07. The molecule has 1 unspecified atom stereocenters. The van der Waals surface area contributed by atoms with Gasteiger partial charge in [0.1, 0.15) is 6.61 Å². The standard InChI is InChI=1S/C7H9Cl3NO3/c8-7(9,10)4-14-6(12)5-2-1-3-11(5)13/h5H,1-4H2/q-1. The Morgan fingerprint density at radius 1 is 1.57 bits per heavy atom. The number of carbonyl (C=O) groups is 1. The lowest BCUT2D eigenvalue weighted by Gasteiger charge is -2.28. The third-order valence-corrected chi connectivity index (χ3v) is 2.18. The lowest BCUT2D eigenvalue weighted by atomic mass is 10.2. The largest absolute Gasteiger partial charge is 0.785 e. The monoisotopic (exact) mass is 260 g/mol. The molecule has 14 heavy (non-hydrogen) atoms. The molecule has 0 aromatic rings. The molecule has 0 bridgehead atoms. The number of carbonyl (C=O) groups excluding carboxylic acids is 1. The molecule has 0 aromatic heterocycles. The fourth-order valence-corrected chi connectivity index (χ4v) is 1.39. The molecule has 7 heteroatoms. The Bertz CT molecular complexity index is 219. The summed E-state index contributed by atoms with van der Waals surface area (Å²) in [4.78, 5) is 11.3. The molecule has 1 rings (SSSR count). The van der Waals surface area contributed by atoms with Gasteiger partial charge >= 0.3 is 5.97 Å². The van der Waals surface area contributed by atoms with Gasteiger partial charge in [-0.15, -0.1) is 0 Å². The van der Waals surface area contributed by atoms with E-state index >= 15 is 0 Å². The van der Waals surface area contributed by atoms with E-state index in [0.717, 1.165) is 0 Å². The predicted octanol–water partition coefficient (Wildman–Crippen LogP) is 1.86. The normalized spacial score (nSPS) is 23.9. The van der Waals surface area contributed by atoms with Gasteiger partial charge in [-0.05, 0) is 19.4 Å². The van der Waals surface area contributed by atoms with Crippen molar-refractivity contribution in [3.63, 3.8) is 0 Å². The minimum atomic E-state index is -1.62. The second-order valence-electron chi connectivity index (χ2n) is 3.02. The van der Waals surface area contributed by atoms with Gasteiger partial charge in [-0.2, -0.15) is 0 Å². The average molecular weight is 262 g/mol. The van der Waals surface area contributed by atoms with Gasteiger partial charge in [-0.25, -0.2) is 0 Å². The fraction of sp³-hybridized carbons (Fsp3) is 0.857. The molecule has 1 atom stereocenters. The van der Waals surface area contributed by atoms with Crippen LogP contribution in [0.3, 0.4) is 0 Å². The first kappa shape index (κ1) is 12.3. The maximum Gasteiger partial charge on any atom is 0.322 e. The van der Waals surface area contributed by atoms with Gasteiger partial charge in [0.25, 0.3) is 0 Å². The number of rotatable bonds is 2. The van der Waals surface area contributed by atoms with Gasteiger partial charge in [0.15, 0.2) is 0 Å². The summed E-state index contributed by atoms with van der Waals surface area (Å²) < 4.78 is 3.06. The molecule has 4 nitrogen and oxygen atoms in total. The Balaban J connectivity index is 2.35. The molecule has 0 aliphatic carbocycles. The van der Waals surface area contributed by atoms with Crippen LogP contribution in [0, 0.1) is 5.21 Å². The highest BCUT2D eigenvalue weighted by Gasteiger charge is 2.29. The lowest BCUT2D eigenvalue weighted by molar-refractivity contribution is -0.147. The Labute approximate surface area is 96.6 Å². The molecule has 1 saturated heterocycles. The number of nitrogens with zero attached hydrogens (tertiary/aromatic N) is 1. The highest BCUT2D eigenvalue weighted by atomic mass is 35.6. The number of hydrogen-bond donors (Lipinski definition) is 0. The maximum absolute atomic E-state index is 11.3. The minimum absolute atomic E-state index is 0.332. The third kappa shape index (κ3) is 3.79. The van der Waals surface area contributed by atoms with Crippen molar-refractivity contribution in [1.29, 1.82) is 0 Å². The quantitative estimate of drug-likeness (QED) is 0.562. The van der Waals surface area contributed by atoms with E-state index in [1.165, 1.54) is 0 Å².